The maximum Gasteiger partial charge on any atom is 0.339 e. The van der Waals surface area contributed by atoms with E-state index in [4.69, 9.17) is 28.3 Å². The molecule has 0 spiro atoms. The number of carbonyl (C=O) groups is 2. The first-order chi connectivity index (χ1) is 6.57. The Hall–Kier alpha value is -1.26. The lowest BCUT2D eigenvalue weighted by atomic mass is 10.2. The normalized spacial score (nSPS) is 9.57. The van der Waals surface area contributed by atoms with Crippen LogP contribution in [0.4, 0.5) is 5.69 Å². The number of carbonyl (C=O) groups excluding carboxylic acids is 1. The number of hydrogen-bond acceptors (Lipinski definition) is 2. The van der Waals surface area contributed by atoms with Gasteiger partial charge in [-0.2, -0.15) is 0 Å². The van der Waals surface area contributed by atoms with E-state index in [0.29, 0.717) is 6.41 Å². The predicted molar refractivity (Wildman–Crippen MR) is 53.1 cm³/mol. The van der Waals surface area contributed by atoms with Gasteiger partial charge in [-0.3, -0.25) is 4.79 Å². The van der Waals surface area contributed by atoms with Gasteiger partial charge in [-0.15, -0.1) is 0 Å². The molecule has 1 amide bonds. The van der Waals surface area contributed by atoms with E-state index in [1.807, 2.05) is 0 Å². The Bertz CT molecular complexity index is 392. The minimum Gasteiger partial charge on any atom is -0.478 e. The molecule has 0 aliphatic rings. The van der Waals surface area contributed by atoms with E-state index in [0.717, 1.165) is 0 Å². The van der Waals surface area contributed by atoms with Gasteiger partial charge in [-0.25, -0.2) is 4.79 Å². The molecular formula is C8H5Cl2NO3. The molecule has 4 nitrogen and oxygen atoms in total. The van der Waals surface area contributed by atoms with Crippen molar-refractivity contribution in [3.05, 3.63) is 27.7 Å². The average molecular weight is 234 g/mol. The summed E-state index contributed by atoms with van der Waals surface area (Å²) in [6.45, 7) is 0. The largest absolute Gasteiger partial charge is 0.478 e. The van der Waals surface area contributed by atoms with Crippen LogP contribution in [0.25, 0.3) is 0 Å². The minimum atomic E-state index is -1.25. The van der Waals surface area contributed by atoms with Crippen molar-refractivity contribution in [1.29, 1.82) is 0 Å². The van der Waals surface area contributed by atoms with Gasteiger partial charge in [0.2, 0.25) is 6.41 Å². The van der Waals surface area contributed by atoms with Crippen molar-refractivity contribution in [2.45, 2.75) is 0 Å². The molecule has 1 aromatic carbocycles. The van der Waals surface area contributed by atoms with Crippen LogP contribution in [-0.2, 0) is 4.79 Å². The number of benzene rings is 1. The number of carboxylic acid groups (broad SMARTS) is 1. The molecule has 0 heterocycles. The summed E-state index contributed by atoms with van der Waals surface area (Å²) in [4.78, 5) is 20.9. The van der Waals surface area contributed by atoms with Crippen molar-refractivity contribution in [3.63, 3.8) is 0 Å². The highest BCUT2D eigenvalue weighted by molar-refractivity contribution is 6.44. The molecule has 0 bridgehead atoms. The number of aromatic carboxylic acids is 1. The molecule has 14 heavy (non-hydrogen) atoms. The molecule has 0 saturated carbocycles. The van der Waals surface area contributed by atoms with Crippen molar-refractivity contribution in [3.8, 4) is 0 Å². The van der Waals surface area contributed by atoms with Crippen LogP contribution in [0, 0.1) is 0 Å². The fourth-order valence-electron chi connectivity index (χ4n) is 0.943. The van der Waals surface area contributed by atoms with Gasteiger partial charge in [0, 0.05) is 0 Å². The Kier molecular flexibility index (Phi) is 3.33. The van der Waals surface area contributed by atoms with Crippen LogP contribution >= 0.6 is 23.2 Å². The van der Waals surface area contributed by atoms with Gasteiger partial charge in [0.1, 0.15) is 5.56 Å². The van der Waals surface area contributed by atoms with E-state index in [1.165, 1.54) is 12.1 Å². The summed E-state index contributed by atoms with van der Waals surface area (Å²) in [5, 5.41) is 11.1. The zero-order valence-corrected chi connectivity index (χ0v) is 8.26. The van der Waals surface area contributed by atoms with Crippen molar-refractivity contribution in [1.82, 2.24) is 0 Å². The zero-order chi connectivity index (χ0) is 10.7. The Morgan fingerprint density at radius 1 is 1.43 bits per heavy atom. The topological polar surface area (TPSA) is 66.4 Å². The molecule has 0 atom stereocenters. The molecule has 74 valence electrons. The van der Waals surface area contributed by atoms with Gasteiger partial charge < -0.3 is 10.4 Å². The molecule has 6 heteroatoms. The third-order valence-corrected chi connectivity index (χ3v) is 2.33. The molecule has 1 aromatic rings. The molecule has 0 aromatic heterocycles. The molecule has 0 fully saturated rings. The van der Waals surface area contributed by atoms with E-state index in [1.54, 1.807) is 0 Å². The molecule has 0 saturated heterocycles. The fraction of sp³-hybridized carbons (Fsp3) is 0. The standard InChI is InChI=1S/C8H5Cl2NO3/c9-4-1-2-5(11-3-12)6(7(4)10)8(13)14/h1-3H,(H,11,12)(H,13,14). The van der Waals surface area contributed by atoms with Crippen LogP contribution in [0.15, 0.2) is 12.1 Å². The maximum atomic E-state index is 10.8. The van der Waals surface area contributed by atoms with Gasteiger partial charge in [0.15, 0.2) is 0 Å². The quantitative estimate of drug-likeness (QED) is 0.788. The second kappa shape index (κ2) is 4.30. The van der Waals surface area contributed by atoms with E-state index in [9.17, 15) is 9.59 Å². The van der Waals surface area contributed by atoms with Crippen molar-refractivity contribution >= 4 is 41.3 Å². The Labute approximate surface area is 89.4 Å². The van der Waals surface area contributed by atoms with Crippen LogP contribution in [-0.4, -0.2) is 17.5 Å². The van der Waals surface area contributed by atoms with Crippen molar-refractivity contribution in [2.75, 3.05) is 5.32 Å². The Morgan fingerprint density at radius 2 is 2.07 bits per heavy atom. The summed E-state index contributed by atoms with van der Waals surface area (Å²) in [7, 11) is 0. The Balaban J connectivity index is 3.37. The number of halogens is 2. The molecular weight excluding hydrogens is 229 g/mol. The van der Waals surface area contributed by atoms with E-state index in [2.05, 4.69) is 5.32 Å². The Morgan fingerprint density at radius 3 is 2.57 bits per heavy atom. The fourth-order valence-corrected chi connectivity index (χ4v) is 1.35. The van der Waals surface area contributed by atoms with E-state index >= 15 is 0 Å². The first kappa shape index (κ1) is 10.8. The highest BCUT2D eigenvalue weighted by Crippen LogP contribution is 2.31. The summed E-state index contributed by atoms with van der Waals surface area (Å²) >= 11 is 11.3. The van der Waals surface area contributed by atoms with Gasteiger partial charge in [0.25, 0.3) is 0 Å². The number of carboxylic acids is 1. The molecule has 0 aliphatic carbocycles. The average Bonchev–Trinajstić information content (AvgIpc) is 2.11. The first-order valence-corrected chi connectivity index (χ1v) is 4.25. The third kappa shape index (κ3) is 1.97. The second-order valence-electron chi connectivity index (χ2n) is 2.35. The molecule has 0 radical (unpaired) electrons. The lowest BCUT2D eigenvalue weighted by molar-refractivity contribution is -0.105. The highest BCUT2D eigenvalue weighted by atomic mass is 35.5. The van der Waals surface area contributed by atoms with Gasteiger partial charge in [-0.05, 0) is 12.1 Å². The smallest absolute Gasteiger partial charge is 0.339 e. The minimum absolute atomic E-state index is 0.0917. The SMILES string of the molecule is O=CNc1ccc(Cl)c(Cl)c1C(=O)O. The number of anilines is 1. The van der Waals surface area contributed by atoms with Gasteiger partial charge in [-0.1, -0.05) is 23.2 Å². The van der Waals surface area contributed by atoms with Crippen molar-refractivity contribution in [2.24, 2.45) is 0 Å². The van der Waals surface area contributed by atoms with Crippen LogP contribution in [0.5, 0.6) is 0 Å². The predicted octanol–water partition coefficient (Wildman–Crippen LogP) is 2.26. The number of rotatable bonds is 3. The summed E-state index contributed by atoms with van der Waals surface area (Å²) < 4.78 is 0. The monoisotopic (exact) mass is 233 g/mol. The number of hydrogen-bond donors (Lipinski definition) is 2. The van der Waals surface area contributed by atoms with Gasteiger partial charge >= 0.3 is 5.97 Å². The molecule has 0 unspecified atom stereocenters. The van der Waals surface area contributed by atoms with E-state index < -0.39 is 5.97 Å². The van der Waals surface area contributed by atoms with Crippen LogP contribution in [0.3, 0.4) is 0 Å². The first-order valence-electron chi connectivity index (χ1n) is 3.49. The van der Waals surface area contributed by atoms with Crippen LogP contribution in [0.1, 0.15) is 10.4 Å². The molecule has 0 aliphatic heterocycles. The van der Waals surface area contributed by atoms with Crippen molar-refractivity contribution < 1.29 is 14.7 Å². The van der Waals surface area contributed by atoms with Crippen LogP contribution < -0.4 is 5.32 Å². The molecule has 2 N–H and O–H groups in total. The van der Waals surface area contributed by atoms with Crippen LogP contribution in [0.2, 0.25) is 10.0 Å². The summed E-state index contributed by atoms with van der Waals surface area (Å²) in [6.07, 6.45) is 0.367. The molecule has 1 rings (SSSR count). The number of amides is 1. The zero-order valence-electron chi connectivity index (χ0n) is 6.75. The second-order valence-corrected chi connectivity index (χ2v) is 3.14. The highest BCUT2D eigenvalue weighted by Gasteiger charge is 2.16. The summed E-state index contributed by atoms with van der Waals surface area (Å²) in [6, 6.07) is 2.77. The lowest BCUT2D eigenvalue weighted by Gasteiger charge is -2.07. The maximum absolute atomic E-state index is 10.8. The lowest BCUT2D eigenvalue weighted by Crippen LogP contribution is -2.05. The number of nitrogens with one attached hydrogen (secondary N) is 1. The summed E-state index contributed by atoms with van der Waals surface area (Å²) in [5.41, 5.74) is -0.104. The third-order valence-electron chi connectivity index (χ3n) is 1.52. The summed E-state index contributed by atoms with van der Waals surface area (Å²) in [5.74, 6) is -1.25. The van der Waals surface area contributed by atoms with Gasteiger partial charge in [0.05, 0.1) is 15.7 Å². The van der Waals surface area contributed by atoms with E-state index in [-0.39, 0.29) is 21.3 Å².